The van der Waals surface area contributed by atoms with Crippen molar-refractivity contribution in [2.75, 3.05) is 32.8 Å². The summed E-state index contributed by atoms with van der Waals surface area (Å²) in [5, 5.41) is 8.62. The van der Waals surface area contributed by atoms with E-state index in [1.807, 2.05) is 24.8 Å². The van der Waals surface area contributed by atoms with Crippen molar-refractivity contribution in [2.24, 2.45) is 0 Å². The number of furan rings is 1. The van der Waals surface area contributed by atoms with Crippen molar-refractivity contribution in [3.8, 4) is 5.75 Å². The van der Waals surface area contributed by atoms with E-state index in [4.69, 9.17) is 13.8 Å². The molecule has 142 valence electrons. The number of hydrogen-bond acceptors (Lipinski definition) is 7. The third-order valence-electron chi connectivity index (χ3n) is 4.86. The zero-order valence-corrected chi connectivity index (χ0v) is 15.5. The Morgan fingerprint density at radius 1 is 1.22 bits per heavy atom. The number of benzene rings is 1. The number of hydrogen-bond donors (Lipinski definition) is 0. The van der Waals surface area contributed by atoms with Gasteiger partial charge >= 0.3 is 0 Å². The molecule has 0 N–H and O–H groups in total. The molecule has 1 saturated heterocycles. The molecule has 0 spiro atoms. The SMILES string of the molecule is CCOc1cc(C(=O)N2CCN(Cc3nonc3C)CC2)cc2occc12. The summed E-state index contributed by atoms with van der Waals surface area (Å²) in [7, 11) is 0. The van der Waals surface area contributed by atoms with Crippen LogP contribution in [0.2, 0.25) is 0 Å². The highest BCUT2D eigenvalue weighted by molar-refractivity contribution is 5.99. The van der Waals surface area contributed by atoms with Gasteiger partial charge in [0.15, 0.2) is 0 Å². The van der Waals surface area contributed by atoms with Gasteiger partial charge in [0.2, 0.25) is 0 Å². The van der Waals surface area contributed by atoms with Crippen LogP contribution < -0.4 is 4.74 Å². The van der Waals surface area contributed by atoms with Crippen LogP contribution in [-0.4, -0.2) is 58.8 Å². The van der Waals surface area contributed by atoms with Gasteiger partial charge in [-0.1, -0.05) is 10.3 Å². The van der Waals surface area contributed by atoms with Gasteiger partial charge in [-0.2, -0.15) is 0 Å². The Kier molecular flexibility index (Phi) is 4.81. The Hall–Kier alpha value is -2.87. The third-order valence-corrected chi connectivity index (χ3v) is 4.86. The number of carbonyl (C=O) groups is 1. The normalized spacial score (nSPS) is 15.4. The van der Waals surface area contributed by atoms with Crippen LogP contribution in [0.3, 0.4) is 0 Å². The van der Waals surface area contributed by atoms with E-state index < -0.39 is 0 Å². The van der Waals surface area contributed by atoms with Crippen molar-refractivity contribution in [1.82, 2.24) is 20.1 Å². The van der Waals surface area contributed by atoms with E-state index in [-0.39, 0.29) is 5.91 Å². The van der Waals surface area contributed by atoms with Crippen LogP contribution in [0.25, 0.3) is 11.0 Å². The van der Waals surface area contributed by atoms with Crippen LogP contribution in [0, 0.1) is 6.92 Å². The van der Waals surface area contributed by atoms with E-state index in [1.165, 1.54) is 0 Å². The molecule has 3 aromatic rings. The largest absolute Gasteiger partial charge is 0.493 e. The average Bonchev–Trinajstić information content (AvgIpc) is 3.31. The van der Waals surface area contributed by atoms with Crippen LogP contribution in [-0.2, 0) is 6.54 Å². The molecule has 0 aliphatic carbocycles. The summed E-state index contributed by atoms with van der Waals surface area (Å²) in [5.74, 6) is 0.674. The first-order chi connectivity index (χ1) is 13.2. The molecule has 2 aromatic heterocycles. The van der Waals surface area contributed by atoms with Crippen LogP contribution in [0.15, 0.2) is 33.5 Å². The van der Waals surface area contributed by atoms with Gasteiger partial charge in [0, 0.05) is 38.3 Å². The van der Waals surface area contributed by atoms with Gasteiger partial charge in [-0.15, -0.1) is 0 Å². The Bertz CT molecular complexity index is 940. The molecule has 8 heteroatoms. The molecule has 0 radical (unpaired) electrons. The standard InChI is InChI=1S/C19H22N4O4/c1-3-25-17-10-14(11-18-15(17)4-9-26-18)19(24)23-7-5-22(6-8-23)12-16-13(2)20-27-21-16/h4,9-11H,3,5-8,12H2,1-2H3. The number of nitrogens with zero attached hydrogens (tertiary/aromatic N) is 4. The summed E-state index contributed by atoms with van der Waals surface area (Å²) in [6.45, 7) is 7.89. The van der Waals surface area contributed by atoms with Gasteiger partial charge in [0.05, 0.1) is 18.3 Å². The maximum absolute atomic E-state index is 13.0. The van der Waals surface area contributed by atoms with Crippen molar-refractivity contribution >= 4 is 16.9 Å². The number of piperazine rings is 1. The summed E-state index contributed by atoms with van der Waals surface area (Å²) >= 11 is 0. The van der Waals surface area contributed by atoms with E-state index >= 15 is 0 Å². The van der Waals surface area contributed by atoms with Crippen molar-refractivity contribution in [3.63, 3.8) is 0 Å². The van der Waals surface area contributed by atoms with Crippen molar-refractivity contribution in [2.45, 2.75) is 20.4 Å². The minimum atomic E-state index is -0.00631. The second-order valence-electron chi connectivity index (χ2n) is 6.60. The lowest BCUT2D eigenvalue weighted by Crippen LogP contribution is -2.48. The molecular weight excluding hydrogens is 348 g/mol. The molecule has 1 aromatic carbocycles. The van der Waals surface area contributed by atoms with E-state index in [0.29, 0.717) is 43.1 Å². The molecule has 0 atom stereocenters. The summed E-state index contributed by atoms with van der Waals surface area (Å²) in [6.07, 6.45) is 1.61. The van der Waals surface area contributed by atoms with Gasteiger partial charge in [-0.3, -0.25) is 9.69 Å². The third kappa shape index (κ3) is 3.52. The van der Waals surface area contributed by atoms with Gasteiger partial charge in [0.1, 0.15) is 22.7 Å². The highest BCUT2D eigenvalue weighted by atomic mass is 16.6. The first kappa shape index (κ1) is 17.5. The van der Waals surface area contributed by atoms with E-state index in [2.05, 4.69) is 15.2 Å². The highest BCUT2D eigenvalue weighted by Crippen LogP contribution is 2.29. The number of carbonyl (C=O) groups excluding carboxylic acids is 1. The van der Waals surface area contributed by atoms with Gasteiger partial charge in [0.25, 0.3) is 5.91 Å². The van der Waals surface area contributed by atoms with Crippen molar-refractivity contribution < 1.29 is 18.6 Å². The number of aromatic nitrogens is 2. The second-order valence-corrected chi connectivity index (χ2v) is 6.60. The molecular formula is C19H22N4O4. The summed E-state index contributed by atoms with van der Waals surface area (Å²) < 4.78 is 15.9. The maximum atomic E-state index is 13.0. The van der Waals surface area contributed by atoms with Gasteiger partial charge < -0.3 is 14.1 Å². The van der Waals surface area contributed by atoms with Crippen molar-refractivity contribution in [1.29, 1.82) is 0 Å². The number of rotatable bonds is 5. The average molecular weight is 370 g/mol. The first-order valence-electron chi connectivity index (χ1n) is 9.09. The molecule has 27 heavy (non-hydrogen) atoms. The fourth-order valence-electron chi connectivity index (χ4n) is 3.33. The molecule has 1 amide bonds. The summed E-state index contributed by atoms with van der Waals surface area (Å²) in [6, 6.07) is 5.45. The smallest absolute Gasteiger partial charge is 0.254 e. The number of fused-ring (bicyclic) bond motifs is 1. The molecule has 0 saturated carbocycles. The van der Waals surface area contributed by atoms with Gasteiger partial charge in [-0.25, -0.2) is 4.63 Å². The minimum absolute atomic E-state index is 0.00631. The monoisotopic (exact) mass is 370 g/mol. The molecule has 0 bridgehead atoms. The topological polar surface area (TPSA) is 84.8 Å². The van der Waals surface area contributed by atoms with E-state index in [1.54, 1.807) is 18.4 Å². The second kappa shape index (κ2) is 7.40. The van der Waals surface area contributed by atoms with Crippen molar-refractivity contribution in [3.05, 3.63) is 41.4 Å². The van der Waals surface area contributed by atoms with E-state index in [9.17, 15) is 4.79 Å². The lowest BCUT2D eigenvalue weighted by Gasteiger charge is -2.34. The number of ether oxygens (including phenoxy) is 1. The maximum Gasteiger partial charge on any atom is 0.254 e. The number of aryl methyl sites for hydroxylation is 1. The fourth-order valence-corrected chi connectivity index (χ4v) is 3.33. The zero-order chi connectivity index (χ0) is 18.8. The quantitative estimate of drug-likeness (QED) is 0.682. The lowest BCUT2D eigenvalue weighted by atomic mass is 10.1. The van der Waals surface area contributed by atoms with Crippen LogP contribution in [0.5, 0.6) is 5.75 Å². The Labute approximate surface area is 156 Å². The first-order valence-corrected chi connectivity index (χ1v) is 9.09. The molecule has 1 aliphatic heterocycles. The molecule has 1 aliphatic rings. The van der Waals surface area contributed by atoms with E-state index in [0.717, 1.165) is 29.9 Å². The van der Waals surface area contributed by atoms with Crippen LogP contribution >= 0.6 is 0 Å². The molecule has 0 unspecified atom stereocenters. The molecule has 1 fully saturated rings. The summed E-state index contributed by atoms with van der Waals surface area (Å²) in [5.41, 5.74) is 2.91. The lowest BCUT2D eigenvalue weighted by molar-refractivity contribution is 0.0625. The summed E-state index contributed by atoms with van der Waals surface area (Å²) in [4.78, 5) is 17.1. The molecule has 8 nitrogen and oxygen atoms in total. The number of amides is 1. The Morgan fingerprint density at radius 2 is 2.04 bits per heavy atom. The predicted molar refractivity (Wildman–Crippen MR) is 97.6 cm³/mol. The van der Waals surface area contributed by atoms with Crippen LogP contribution in [0.4, 0.5) is 0 Å². The fraction of sp³-hybridized carbons (Fsp3) is 0.421. The molecule has 3 heterocycles. The molecule has 4 rings (SSSR count). The zero-order valence-electron chi connectivity index (χ0n) is 15.5. The minimum Gasteiger partial charge on any atom is -0.493 e. The Morgan fingerprint density at radius 3 is 2.74 bits per heavy atom. The van der Waals surface area contributed by atoms with Gasteiger partial charge in [-0.05, 0) is 32.0 Å². The Balaban J connectivity index is 1.45. The highest BCUT2D eigenvalue weighted by Gasteiger charge is 2.24. The predicted octanol–water partition coefficient (Wildman–Crippen LogP) is 2.48. The van der Waals surface area contributed by atoms with Crippen LogP contribution in [0.1, 0.15) is 28.7 Å².